The highest BCUT2D eigenvalue weighted by Gasteiger charge is 2.27. The maximum atomic E-state index is 11.8. The topological polar surface area (TPSA) is 44.8 Å². The standard InChI is InChI=1S/C12H13F3O4/c1-17-10-4-2-3-9(7-16)11(10)19-6-5-18-8-12(13,14)15/h2-4,7H,5-6,8H2,1H3. The van der Waals surface area contributed by atoms with Gasteiger partial charge in [-0.05, 0) is 12.1 Å². The molecule has 0 N–H and O–H groups in total. The van der Waals surface area contributed by atoms with Gasteiger partial charge in [-0.25, -0.2) is 0 Å². The lowest BCUT2D eigenvalue weighted by molar-refractivity contribution is -0.175. The first-order chi connectivity index (χ1) is 8.98. The Balaban J connectivity index is 2.51. The zero-order valence-electron chi connectivity index (χ0n) is 10.2. The Morgan fingerprint density at radius 2 is 2.00 bits per heavy atom. The van der Waals surface area contributed by atoms with Crippen molar-refractivity contribution in [1.29, 1.82) is 0 Å². The molecular weight excluding hydrogens is 265 g/mol. The number of hydrogen-bond acceptors (Lipinski definition) is 4. The quantitative estimate of drug-likeness (QED) is 0.567. The van der Waals surface area contributed by atoms with Gasteiger partial charge < -0.3 is 14.2 Å². The number of halogens is 3. The van der Waals surface area contributed by atoms with Gasteiger partial charge >= 0.3 is 6.18 Å². The molecule has 1 aromatic carbocycles. The first-order valence-corrected chi connectivity index (χ1v) is 5.37. The summed E-state index contributed by atoms with van der Waals surface area (Å²) in [7, 11) is 1.40. The first-order valence-electron chi connectivity index (χ1n) is 5.37. The second-order valence-electron chi connectivity index (χ2n) is 3.51. The van der Waals surface area contributed by atoms with Crippen LogP contribution >= 0.6 is 0 Å². The van der Waals surface area contributed by atoms with E-state index in [-0.39, 0.29) is 24.5 Å². The summed E-state index contributed by atoms with van der Waals surface area (Å²) in [5.41, 5.74) is 0.259. The van der Waals surface area contributed by atoms with Gasteiger partial charge in [0, 0.05) is 0 Å². The van der Waals surface area contributed by atoms with Crippen LogP contribution in [0, 0.1) is 0 Å². The minimum atomic E-state index is -4.36. The molecule has 0 saturated heterocycles. The number of benzene rings is 1. The largest absolute Gasteiger partial charge is 0.493 e. The minimum Gasteiger partial charge on any atom is -0.493 e. The zero-order valence-corrected chi connectivity index (χ0v) is 10.2. The fourth-order valence-electron chi connectivity index (χ4n) is 1.33. The normalized spacial score (nSPS) is 11.2. The molecule has 0 radical (unpaired) electrons. The van der Waals surface area contributed by atoms with E-state index in [0.29, 0.717) is 12.0 Å². The summed E-state index contributed by atoms with van der Waals surface area (Å²) in [4.78, 5) is 10.8. The van der Waals surface area contributed by atoms with Crippen molar-refractivity contribution in [2.45, 2.75) is 6.18 Å². The predicted octanol–water partition coefficient (Wildman–Crippen LogP) is 2.47. The Morgan fingerprint density at radius 1 is 1.26 bits per heavy atom. The summed E-state index contributed by atoms with van der Waals surface area (Å²) in [5, 5.41) is 0. The van der Waals surface area contributed by atoms with Crippen LogP contribution in [-0.4, -0.2) is 39.4 Å². The van der Waals surface area contributed by atoms with Gasteiger partial charge in [-0.2, -0.15) is 13.2 Å². The average molecular weight is 278 g/mol. The van der Waals surface area contributed by atoms with E-state index in [4.69, 9.17) is 9.47 Å². The monoisotopic (exact) mass is 278 g/mol. The molecule has 7 heteroatoms. The fraction of sp³-hybridized carbons (Fsp3) is 0.417. The van der Waals surface area contributed by atoms with E-state index in [1.807, 2.05) is 0 Å². The molecule has 0 aromatic heterocycles. The van der Waals surface area contributed by atoms with Crippen molar-refractivity contribution in [3.63, 3.8) is 0 Å². The molecule has 0 spiro atoms. The fourth-order valence-corrected chi connectivity index (χ4v) is 1.33. The Bertz CT molecular complexity index is 418. The van der Waals surface area contributed by atoms with E-state index < -0.39 is 12.8 Å². The van der Waals surface area contributed by atoms with Crippen LogP contribution in [0.2, 0.25) is 0 Å². The van der Waals surface area contributed by atoms with Crippen molar-refractivity contribution in [2.24, 2.45) is 0 Å². The third-order valence-electron chi connectivity index (χ3n) is 2.10. The van der Waals surface area contributed by atoms with Gasteiger partial charge in [0.05, 0.1) is 19.3 Å². The summed E-state index contributed by atoms with van der Waals surface area (Å²) in [6, 6.07) is 4.70. The third kappa shape index (κ3) is 5.17. The highest BCUT2D eigenvalue weighted by molar-refractivity contribution is 5.81. The Morgan fingerprint density at radius 3 is 2.58 bits per heavy atom. The molecule has 0 saturated carbocycles. The van der Waals surface area contributed by atoms with Crippen LogP contribution in [0.5, 0.6) is 11.5 Å². The van der Waals surface area contributed by atoms with Crippen molar-refractivity contribution in [3.05, 3.63) is 23.8 Å². The van der Waals surface area contributed by atoms with Crippen LogP contribution in [0.15, 0.2) is 18.2 Å². The predicted molar refractivity (Wildman–Crippen MR) is 60.8 cm³/mol. The van der Waals surface area contributed by atoms with Gasteiger partial charge in [0.25, 0.3) is 0 Å². The van der Waals surface area contributed by atoms with E-state index in [0.717, 1.165) is 0 Å². The Hall–Kier alpha value is -1.76. The van der Waals surface area contributed by atoms with Crippen LogP contribution in [-0.2, 0) is 4.74 Å². The van der Waals surface area contributed by atoms with Crippen molar-refractivity contribution >= 4 is 6.29 Å². The highest BCUT2D eigenvalue weighted by atomic mass is 19.4. The van der Waals surface area contributed by atoms with Crippen molar-refractivity contribution in [2.75, 3.05) is 26.9 Å². The minimum absolute atomic E-state index is 0.114. The summed E-state index contributed by atoms with van der Waals surface area (Å²) >= 11 is 0. The van der Waals surface area contributed by atoms with E-state index in [1.165, 1.54) is 13.2 Å². The number of carbonyl (C=O) groups is 1. The van der Waals surface area contributed by atoms with Crippen molar-refractivity contribution in [1.82, 2.24) is 0 Å². The Labute approximate surface area is 108 Å². The lowest BCUT2D eigenvalue weighted by Crippen LogP contribution is -2.19. The summed E-state index contributed by atoms with van der Waals surface area (Å²) in [6.07, 6.45) is -3.78. The zero-order chi connectivity index (χ0) is 14.3. The molecule has 0 bridgehead atoms. The van der Waals surface area contributed by atoms with Crippen molar-refractivity contribution in [3.8, 4) is 11.5 Å². The molecule has 0 heterocycles. The molecule has 106 valence electrons. The number of methoxy groups -OCH3 is 1. The number of ether oxygens (including phenoxy) is 3. The molecule has 4 nitrogen and oxygen atoms in total. The summed E-state index contributed by atoms with van der Waals surface area (Å²) < 4.78 is 50.0. The van der Waals surface area contributed by atoms with Gasteiger partial charge in [-0.1, -0.05) is 6.07 Å². The maximum absolute atomic E-state index is 11.8. The molecule has 0 aliphatic carbocycles. The van der Waals surface area contributed by atoms with Crippen LogP contribution in [0.25, 0.3) is 0 Å². The molecule has 19 heavy (non-hydrogen) atoms. The van der Waals surface area contributed by atoms with Gasteiger partial charge in [-0.3, -0.25) is 4.79 Å². The Kier molecular flexibility index (Phi) is 5.62. The maximum Gasteiger partial charge on any atom is 0.411 e. The molecule has 0 unspecified atom stereocenters. The smallest absolute Gasteiger partial charge is 0.411 e. The molecule has 0 aliphatic heterocycles. The van der Waals surface area contributed by atoms with E-state index in [2.05, 4.69) is 4.74 Å². The number of carbonyl (C=O) groups excluding carboxylic acids is 1. The first kappa shape index (κ1) is 15.3. The average Bonchev–Trinajstić information content (AvgIpc) is 2.36. The summed E-state index contributed by atoms with van der Waals surface area (Å²) in [6.45, 7) is -1.68. The molecule has 1 rings (SSSR count). The van der Waals surface area contributed by atoms with E-state index in [1.54, 1.807) is 12.1 Å². The van der Waals surface area contributed by atoms with E-state index in [9.17, 15) is 18.0 Å². The molecule has 0 atom stereocenters. The van der Waals surface area contributed by atoms with Gasteiger partial charge in [0.15, 0.2) is 17.8 Å². The van der Waals surface area contributed by atoms with Gasteiger partial charge in [0.1, 0.15) is 13.2 Å². The number of alkyl halides is 3. The second-order valence-corrected chi connectivity index (χ2v) is 3.51. The van der Waals surface area contributed by atoms with Crippen LogP contribution in [0.1, 0.15) is 10.4 Å². The summed E-state index contributed by atoms with van der Waals surface area (Å²) in [5.74, 6) is 0.524. The van der Waals surface area contributed by atoms with Crippen molar-refractivity contribution < 1.29 is 32.2 Å². The SMILES string of the molecule is COc1cccc(C=O)c1OCCOCC(F)(F)F. The lowest BCUT2D eigenvalue weighted by Gasteiger charge is -2.13. The highest BCUT2D eigenvalue weighted by Crippen LogP contribution is 2.29. The lowest BCUT2D eigenvalue weighted by atomic mass is 10.2. The van der Waals surface area contributed by atoms with Gasteiger partial charge in [0.2, 0.25) is 0 Å². The van der Waals surface area contributed by atoms with Crippen LogP contribution < -0.4 is 9.47 Å². The van der Waals surface area contributed by atoms with Crippen LogP contribution in [0.4, 0.5) is 13.2 Å². The number of aldehydes is 1. The number of para-hydroxylation sites is 1. The molecular formula is C12H13F3O4. The molecule has 0 fully saturated rings. The number of hydrogen-bond donors (Lipinski definition) is 0. The van der Waals surface area contributed by atoms with Gasteiger partial charge in [-0.15, -0.1) is 0 Å². The molecule has 0 amide bonds. The second kappa shape index (κ2) is 6.98. The third-order valence-corrected chi connectivity index (χ3v) is 2.10. The van der Waals surface area contributed by atoms with E-state index >= 15 is 0 Å². The molecule has 1 aromatic rings. The number of rotatable bonds is 7. The van der Waals surface area contributed by atoms with Crippen LogP contribution in [0.3, 0.4) is 0 Å². The molecule has 0 aliphatic rings.